The van der Waals surface area contributed by atoms with Gasteiger partial charge in [0, 0.05) is 17.3 Å². The van der Waals surface area contributed by atoms with Crippen LogP contribution in [-0.4, -0.2) is 31.1 Å². The van der Waals surface area contributed by atoms with E-state index in [0.717, 1.165) is 41.0 Å². The summed E-state index contributed by atoms with van der Waals surface area (Å²) in [6.07, 6.45) is 2.62. The average Bonchev–Trinajstić information content (AvgIpc) is 3.24. The molecule has 1 aliphatic heterocycles. The number of fused-ring (bicyclic) bond motifs is 1. The molecule has 1 saturated heterocycles. The molecule has 0 atom stereocenters. The number of hydrogen-bond acceptors (Lipinski definition) is 3. The van der Waals surface area contributed by atoms with Gasteiger partial charge in [-0.2, -0.15) is 0 Å². The Balaban J connectivity index is 1.35. The van der Waals surface area contributed by atoms with Crippen LogP contribution in [0.1, 0.15) is 18.4 Å². The minimum Gasteiger partial charge on any atom is -0.492 e. The van der Waals surface area contributed by atoms with Crippen molar-refractivity contribution >= 4 is 34.0 Å². The summed E-state index contributed by atoms with van der Waals surface area (Å²) < 4.78 is 11.9. The van der Waals surface area contributed by atoms with Crippen LogP contribution in [0.4, 0.5) is 0 Å². The highest BCUT2D eigenvalue weighted by atomic mass is 35.5. The van der Waals surface area contributed by atoms with Crippen molar-refractivity contribution in [1.82, 2.24) is 4.90 Å². The van der Waals surface area contributed by atoms with Gasteiger partial charge in [-0.05, 0) is 61.8 Å². The van der Waals surface area contributed by atoms with Crippen molar-refractivity contribution in [1.29, 1.82) is 0 Å². The molecule has 1 aliphatic rings. The van der Waals surface area contributed by atoms with Crippen LogP contribution < -0.4 is 9.47 Å². The molecule has 28 heavy (non-hydrogen) atoms. The monoisotopic (exact) mass is 415 g/mol. The Labute approximate surface area is 175 Å². The lowest BCUT2D eigenvalue weighted by molar-refractivity contribution is 0.237. The van der Waals surface area contributed by atoms with Crippen LogP contribution in [0.15, 0.2) is 54.6 Å². The lowest BCUT2D eigenvalue weighted by atomic mass is 10.1. The quantitative estimate of drug-likeness (QED) is 0.458. The topological polar surface area (TPSA) is 21.7 Å². The van der Waals surface area contributed by atoms with Crippen molar-refractivity contribution < 1.29 is 9.47 Å². The molecule has 0 amide bonds. The Morgan fingerprint density at radius 2 is 1.61 bits per heavy atom. The maximum Gasteiger partial charge on any atom is 0.127 e. The van der Waals surface area contributed by atoms with Crippen LogP contribution in [0.5, 0.6) is 11.5 Å². The smallest absolute Gasteiger partial charge is 0.127 e. The number of benzene rings is 3. The zero-order chi connectivity index (χ0) is 19.3. The first-order chi connectivity index (χ1) is 13.7. The third kappa shape index (κ3) is 4.54. The van der Waals surface area contributed by atoms with Crippen LogP contribution in [0.2, 0.25) is 10.0 Å². The van der Waals surface area contributed by atoms with Gasteiger partial charge in [-0.3, -0.25) is 4.90 Å². The number of rotatable bonds is 7. The summed E-state index contributed by atoms with van der Waals surface area (Å²) in [5.41, 5.74) is 1.09. The Morgan fingerprint density at radius 3 is 2.39 bits per heavy atom. The van der Waals surface area contributed by atoms with E-state index in [9.17, 15) is 0 Å². The third-order valence-corrected chi connectivity index (χ3v) is 5.92. The second-order valence-corrected chi connectivity index (χ2v) is 7.83. The van der Waals surface area contributed by atoms with E-state index < -0.39 is 0 Å². The third-order valence-electron chi connectivity index (χ3n) is 5.10. The Kier molecular flexibility index (Phi) is 6.26. The Morgan fingerprint density at radius 1 is 0.821 bits per heavy atom. The molecule has 146 valence electrons. The van der Waals surface area contributed by atoms with Gasteiger partial charge < -0.3 is 9.47 Å². The zero-order valence-electron chi connectivity index (χ0n) is 15.7. The molecule has 0 bridgehead atoms. The van der Waals surface area contributed by atoms with Crippen molar-refractivity contribution in [2.45, 2.75) is 19.4 Å². The Bertz CT molecular complexity index is 937. The van der Waals surface area contributed by atoms with Crippen molar-refractivity contribution in [2.24, 2.45) is 0 Å². The molecular weight excluding hydrogens is 393 g/mol. The van der Waals surface area contributed by atoms with Crippen LogP contribution >= 0.6 is 23.2 Å². The normalized spacial score (nSPS) is 14.5. The first-order valence-electron chi connectivity index (χ1n) is 9.64. The van der Waals surface area contributed by atoms with Gasteiger partial charge in [0.05, 0.1) is 10.0 Å². The maximum atomic E-state index is 6.31. The van der Waals surface area contributed by atoms with Gasteiger partial charge in [-0.15, -0.1) is 0 Å². The molecule has 0 spiro atoms. The fraction of sp³-hybridized carbons (Fsp3) is 0.304. The van der Waals surface area contributed by atoms with E-state index in [2.05, 4.69) is 4.90 Å². The van der Waals surface area contributed by atoms with Crippen molar-refractivity contribution in [3.05, 3.63) is 70.2 Å². The summed E-state index contributed by atoms with van der Waals surface area (Å²) in [6.45, 7) is 4.61. The lowest BCUT2D eigenvalue weighted by Crippen LogP contribution is -2.25. The fourth-order valence-electron chi connectivity index (χ4n) is 3.53. The van der Waals surface area contributed by atoms with Crippen molar-refractivity contribution in [3.8, 4) is 11.5 Å². The zero-order valence-corrected chi connectivity index (χ0v) is 17.2. The van der Waals surface area contributed by atoms with E-state index in [1.54, 1.807) is 6.07 Å². The average molecular weight is 416 g/mol. The fourth-order valence-corrected chi connectivity index (χ4v) is 3.93. The summed E-state index contributed by atoms with van der Waals surface area (Å²) in [4.78, 5) is 2.45. The van der Waals surface area contributed by atoms with E-state index in [4.69, 9.17) is 32.7 Å². The van der Waals surface area contributed by atoms with Crippen LogP contribution in [0.25, 0.3) is 10.8 Å². The second-order valence-electron chi connectivity index (χ2n) is 7.04. The molecule has 3 aromatic rings. The number of hydrogen-bond donors (Lipinski definition) is 0. The molecule has 0 saturated carbocycles. The van der Waals surface area contributed by atoms with Gasteiger partial charge in [-0.25, -0.2) is 0 Å². The van der Waals surface area contributed by atoms with Crippen LogP contribution in [0, 0.1) is 0 Å². The minimum atomic E-state index is 0.480. The molecule has 0 unspecified atom stereocenters. The molecule has 0 radical (unpaired) electrons. The molecule has 4 rings (SSSR count). The van der Waals surface area contributed by atoms with Gasteiger partial charge in [0.25, 0.3) is 0 Å². The van der Waals surface area contributed by atoms with Gasteiger partial charge >= 0.3 is 0 Å². The van der Waals surface area contributed by atoms with Gasteiger partial charge in [0.2, 0.25) is 0 Å². The number of halogens is 2. The highest BCUT2D eigenvalue weighted by Crippen LogP contribution is 2.35. The Hall–Kier alpha value is -1.94. The number of nitrogens with zero attached hydrogens (tertiary/aromatic N) is 1. The van der Waals surface area contributed by atoms with Gasteiger partial charge in [0.15, 0.2) is 0 Å². The summed E-state index contributed by atoms with van der Waals surface area (Å²) in [5.74, 6) is 1.69. The molecule has 1 fully saturated rings. The highest BCUT2D eigenvalue weighted by molar-refractivity contribution is 6.45. The molecule has 0 N–H and O–H groups in total. The largest absolute Gasteiger partial charge is 0.492 e. The van der Waals surface area contributed by atoms with E-state index >= 15 is 0 Å². The molecule has 0 aliphatic carbocycles. The SMILES string of the molecule is Clc1ccc2c(OCc3ccc(OCCN4CCCC4)cc3)cccc2c1Cl. The molecule has 1 heterocycles. The molecular formula is C23H23Cl2NO2. The maximum absolute atomic E-state index is 6.31. The van der Waals surface area contributed by atoms with Gasteiger partial charge in [0.1, 0.15) is 24.7 Å². The summed E-state index contributed by atoms with van der Waals surface area (Å²) in [7, 11) is 0. The predicted octanol–water partition coefficient (Wildman–Crippen LogP) is 6.20. The predicted molar refractivity (Wildman–Crippen MR) is 116 cm³/mol. The van der Waals surface area contributed by atoms with Crippen molar-refractivity contribution in [3.63, 3.8) is 0 Å². The second kappa shape index (κ2) is 9.04. The standard InChI is InChI=1S/C23H23Cl2NO2/c24-21-11-10-19-20(23(21)25)4-3-5-22(19)28-16-17-6-8-18(9-7-17)27-15-14-26-12-1-2-13-26/h3-11H,1-2,12-16H2. The first-order valence-corrected chi connectivity index (χ1v) is 10.4. The molecule has 5 heteroatoms. The minimum absolute atomic E-state index is 0.480. The summed E-state index contributed by atoms with van der Waals surface area (Å²) in [5, 5.41) is 2.96. The van der Waals surface area contributed by atoms with Gasteiger partial charge in [-0.1, -0.05) is 47.5 Å². The van der Waals surface area contributed by atoms with Crippen molar-refractivity contribution in [2.75, 3.05) is 26.2 Å². The molecule has 3 nitrogen and oxygen atoms in total. The summed E-state index contributed by atoms with van der Waals surface area (Å²) in [6, 6.07) is 17.7. The van der Waals surface area contributed by atoms with E-state index in [1.807, 2.05) is 48.5 Å². The first kappa shape index (κ1) is 19.4. The van der Waals surface area contributed by atoms with E-state index in [0.29, 0.717) is 16.7 Å². The number of ether oxygens (including phenoxy) is 2. The lowest BCUT2D eigenvalue weighted by Gasteiger charge is -2.15. The summed E-state index contributed by atoms with van der Waals surface area (Å²) >= 11 is 12.4. The van der Waals surface area contributed by atoms with E-state index in [-0.39, 0.29) is 0 Å². The number of likely N-dealkylation sites (tertiary alicyclic amines) is 1. The molecule has 3 aromatic carbocycles. The van der Waals surface area contributed by atoms with Crippen LogP contribution in [0.3, 0.4) is 0 Å². The van der Waals surface area contributed by atoms with Crippen LogP contribution in [-0.2, 0) is 6.61 Å². The molecule has 0 aromatic heterocycles. The highest BCUT2D eigenvalue weighted by Gasteiger charge is 2.11. The van der Waals surface area contributed by atoms with E-state index in [1.165, 1.54) is 25.9 Å².